The highest BCUT2D eigenvalue weighted by molar-refractivity contribution is 4.93. The van der Waals surface area contributed by atoms with Crippen molar-refractivity contribution in [3.05, 3.63) is 12.2 Å². The number of aliphatic hydroxyl groups is 3. The van der Waals surface area contributed by atoms with Gasteiger partial charge in [0.05, 0.1) is 18.8 Å². The fourth-order valence-corrected chi connectivity index (χ4v) is 0.696. The van der Waals surface area contributed by atoms with Crippen LogP contribution >= 0.6 is 0 Å². The number of hydrogen-bond donors (Lipinski definition) is 4. The van der Waals surface area contributed by atoms with Gasteiger partial charge in [0.25, 0.3) is 0 Å². The van der Waals surface area contributed by atoms with Gasteiger partial charge >= 0.3 is 0 Å². The summed E-state index contributed by atoms with van der Waals surface area (Å²) in [6, 6.07) is -0.615. The quantitative estimate of drug-likeness (QED) is 0.308. The van der Waals surface area contributed by atoms with Crippen LogP contribution in [-0.4, -0.2) is 40.7 Å². The third-order valence-electron chi connectivity index (χ3n) is 1.51. The van der Waals surface area contributed by atoms with Gasteiger partial charge in [-0.05, 0) is 12.8 Å². The molecule has 5 N–H and O–H groups in total. The lowest BCUT2D eigenvalue weighted by Gasteiger charge is -2.11. The molecule has 0 aromatic heterocycles. The summed E-state index contributed by atoms with van der Waals surface area (Å²) in [5.41, 5.74) is 5.33. The smallest absolute Gasteiger partial charge is 0.0894 e. The molecule has 0 radical (unpaired) electrons. The molecule has 0 heterocycles. The summed E-state index contributed by atoms with van der Waals surface area (Å²) in [7, 11) is 0. The van der Waals surface area contributed by atoms with E-state index in [-0.39, 0.29) is 13.2 Å². The molecule has 0 aromatic carbocycles. The highest BCUT2D eigenvalue weighted by Gasteiger charge is 2.08. The molecule has 0 amide bonds. The highest BCUT2D eigenvalue weighted by Crippen LogP contribution is 1.95. The summed E-state index contributed by atoms with van der Waals surface area (Å²) in [4.78, 5) is 0. The maximum Gasteiger partial charge on any atom is 0.0894 e. The molecule has 0 saturated carbocycles. The number of rotatable bonds is 6. The van der Waals surface area contributed by atoms with E-state index in [0.717, 1.165) is 0 Å². The van der Waals surface area contributed by atoms with Gasteiger partial charge in [0.2, 0.25) is 0 Å². The molecule has 4 heteroatoms. The Morgan fingerprint density at radius 1 is 1.33 bits per heavy atom. The van der Waals surface area contributed by atoms with Crippen LogP contribution in [0, 0.1) is 0 Å². The van der Waals surface area contributed by atoms with Gasteiger partial charge in [-0.2, -0.15) is 0 Å². The summed E-state index contributed by atoms with van der Waals surface area (Å²) in [6.07, 6.45) is 3.88. The van der Waals surface area contributed by atoms with Gasteiger partial charge in [-0.1, -0.05) is 12.2 Å². The lowest BCUT2D eigenvalue weighted by atomic mass is 10.1. The van der Waals surface area contributed by atoms with Gasteiger partial charge in [-0.3, -0.25) is 0 Å². The standard InChI is InChI=1S/C8H17NO3/c9-7(6-11)8(12)4-2-1-3-5-10/h2,4,7-8,10-12H,1,3,5-6,9H2/b4-2+/t7-,8+/m0/s1. The molecule has 0 saturated heterocycles. The van der Waals surface area contributed by atoms with Gasteiger partial charge in [0.15, 0.2) is 0 Å². The predicted molar refractivity (Wildman–Crippen MR) is 46.5 cm³/mol. The van der Waals surface area contributed by atoms with Crippen molar-refractivity contribution in [2.45, 2.75) is 25.0 Å². The predicted octanol–water partition coefficient (Wildman–Crippen LogP) is -1.00. The zero-order chi connectivity index (χ0) is 9.40. The fraction of sp³-hybridized carbons (Fsp3) is 0.750. The van der Waals surface area contributed by atoms with Crippen LogP contribution in [0.15, 0.2) is 12.2 Å². The summed E-state index contributed by atoms with van der Waals surface area (Å²) in [5.74, 6) is 0. The zero-order valence-corrected chi connectivity index (χ0v) is 7.06. The van der Waals surface area contributed by atoms with Crippen molar-refractivity contribution in [1.82, 2.24) is 0 Å². The van der Waals surface area contributed by atoms with Crippen LogP contribution in [0.4, 0.5) is 0 Å². The second kappa shape index (κ2) is 7.24. The molecular formula is C8H17NO3. The first kappa shape index (κ1) is 11.6. The molecule has 0 unspecified atom stereocenters. The molecule has 0 bridgehead atoms. The van der Waals surface area contributed by atoms with E-state index in [1.807, 2.05) is 0 Å². The van der Waals surface area contributed by atoms with E-state index in [9.17, 15) is 5.11 Å². The van der Waals surface area contributed by atoms with Crippen LogP contribution in [-0.2, 0) is 0 Å². The largest absolute Gasteiger partial charge is 0.396 e. The Labute approximate surface area is 72.3 Å². The van der Waals surface area contributed by atoms with Gasteiger partial charge < -0.3 is 21.1 Å². The zero-order valence-electron chi connectivity index (χ0n) is 7.06. The Bertz CT molecular complexity index is 127. The third-order valence-corrected chi connectivity index (χ3v) is 1.51. The number of aliphatic hydroxyl groups excluding tert-OH is 3. The lowest BCUT2D eigenvalue weighted by molar-refractivity contribution is 0.144. The minimum absolute atomic E-state index is 0.145. The highest BCUT2D eigenvalue weighted by atomic mass is 16.3. The molecule has 0 aliphatic heterocycles. The van der Waals surface area contributed by atoms with E-state index in [2.05, 4.69) is 0 Å². The fourth-order valence-electron chi connectivity index (χ4n) is 0.696. The Hall–Kier alpha value is -0.420. The van der Waals surface area contributed by atoms with Crippen molar-refractivity contribution in [3.8, 4) is 0 Å². The number of nitrogens with two attached hydrogens (primary N) is 1. The molecule has 0 aromatic rings. The molecule has 4 nitrogen and oxygen atoms in total. The normalized spacial score (nSPS) is 16.7. The van der Waals surface area contributed by atoms with Crippen molar-refractivity contribution in [1.29, 1.82) is 0 Å². The first-order chi connectivity index (χ1) is 5.72. The summed E-state index contributed by atoms with van der Waals surface area (Å²) >= 11 is 0. The number of hydrogen-bond acceptors (Lipinski definition) is 4. The van der Waals surface area contributed by atoms with Crippen molar-refractivity contribution in [2.24, 2.45) is 5.73 Å². The van der Waals surface area contributed by atoms with E-state index in [0.29, 0.717) is 12.8 Å². The van der Waals surface area contributed by atoms with E-state index in [4.69, 9.17) is 15.9 Å². The number of allylic oxidation sites excluding steroid dienone is 1. The topological polar surface area (TPSA) is 86.7 Å². The summed E-state index contributed by atoms with van der Waals surface area (Å²) < 4.78 is 0. The minimum atomic E-state index is -0.798. The van der Waals surface area contributed by atoms with E-state index >= 15 is 0 Å². The van der Waals surface area contributed by atoms with Crippen LogP contribution < -0.4 is 5.73 Å². The average Bonchev–Trinajstić information content (AvgIpc) is 2.10. The first-order valence-electron chi connectivity index (χ1n) is 4.04. The van der Waals surface area contributed by atoms with Crippen molar-refractivity contribution >= 4 is 0 Å². The Balaban J connectivity index is 3.52. The maximum absolute atomic E-state index is 9.18. The second-order valence-corrected chi connectivity index (χ2v) is 2.63. The molecule has 0 spiro atoms. The maximum atomic E-state index is 9.18. The average molecular weight is 175 g/mol. The Morgan fingerprint density at radius 3 is 2.50 bits per heavy atom. The molecular weight excluding hydrogens is 158 g/mol. The molecule has 2 atom stereocenters. The van der Waals surface area contributed by atoms with Gasteiger partial charge in [-0.25, -0.2) is 0 Å². The van der Waals surface area contributed by atoms with Crippen LogP contribution in [0.1, 0.15) is 12.8 Å². The van der Waals surface area contributed by atoms with E-state index < -0.39 is 12.1 Å². The van der Waals surface area contributed by atoms with Gasteiger partial charge in [-0.15, -0.1) is 0 Å². The van der Waals surface area contributed by atoms with E-state index in [1.54, 1.807) is 6.08 Å². The monoisotopic (exact) mass is 175 g/mol. The Kier molecular flexibility index (Phi) is 6.99. The molecule has 72 valence electrons. The molecule has 0 fully saturated rings. The minimum Gasteiger partial charge on any atom is -0.396 e. The second-order valence-electron chi connectivity index (χ2n) is 2.63. The third kappa shape index (κ3) is 5.26. The summed E-state index contributed by atoms with van der Waals surface area (Å²) in [6.45, 7) is -0.0853. The molecule has 0 rings (SSSR count). The van der Waals surface area contributed by atoms with Crippen molar-refractivity contribution < 1.29 is 15.3 Å². The SMILES string of the molecule is N[C@@H](CO)[C@H](O)/C=C/CCCO. The van der Waals surface area contributed by atoms with Crippen molar-refractivity contribution in [2.75, 3.05) is 13.2 Å². The van der Waals surface area contributed by atoms with Crippen LogP contribution in [0.5, 0.6) is 0 Å². The first-order valence-corrected chi connectivity index (χ1v) is 4.04. The van der Waals surface area contributed by atoms with Gasteiger partial charge in [0.1, 0.15) is 0 Å². The molecule has 0 aliphatic carbocycles. The van der Waals surface area contributed by atoms with Gasteiger partial charge in [0, 0.05) is 6.61 Å². The van der Waals surface area contributed by atoms with Crippen LogP contribution in [0.3, 0.4) is 0 Å². The van der Waals surface area contributed by atoms with Crippen molar-refractivity contribution in [3.63, 3.8) is 0 Å². The summed E-state index contributed by atoms with van der Waals surface area (Å²) in [5, 5.41) is 26.2. The van der Waals surface area contributed by atoms with Crippen LogP contribution in [0.25, 0.3) is 0 Å². The molecule has 12 heavy (non-hydrogen) atoms. The molecule has 0 aliphatic rings. The Morgan fingerprint density at radius 2 is 2.00 bits per heavy atom. The number of unbranched alkanes of at least 4 members (excludes halogenated alkanes) is 1. The van der Waals surface area contributed by atoms with Crippen LogP contribution in [0.2, 0.25) is 0 Å². The lowest BCUT2D eigenvalue weighted by Crippen LogP contribution is -2.36. The van der Waals surface area contributed by atoms with E-state index in [1.165, 1.54) is 6.08 Å².